The van der Waals surface area contributed by atoms with Crippen molar-refractivity contribution in [3.05, 3.63) is 18.2 Å². The van der Waals surface area contributed by atoms with Crippen LogP contribution in [0.25, 0.3) is 22.1 Å². The first-order valence-electron chi connectivity index (χ1n) is 9.13. The molecular formula is C17H19F5N6O. The van der Waals surface area contributed by atoms with Gasteiger partial charge in [0.05, 0.1) is 23.3 Å². The van der Waals surface area contributed by atoms with Gasteiger partial charge in [-0.15, -0.1) is 0 Å². The SMILES string of the molecule is C[C@@H](O)c1nc2cnc3[nH]ncc3c2n1[C@H]1CCN(CCC(F)(F)C(F)(F)F)C1. The molecule has 2 atom stereocenters. The van der Waals surface area contributed by atoms with Gasteiger partial charge < -0.3 is 14.6 Å². The van der Waals surface area contributed by atoms with E-state index in [2.05, 4.69) is 20.2 Å². The highest BCUT2D eigenvalue weighted by Crippen LogP contribution is 2.39. The third-order valence-electron chi connectivity index (χ3n) is 5.30. The zero-order valence-corrected chi connectivity index (χ0v) is 15.4. The first-order valence-corrected chi connectivity index (χ1v) is 9.13. The maximum Gasteiger partial charge on any atom is 0.453 e. The second-order valence-electron chi connectivity index (χ2n) is 7.34. The van der Waals surface area contributed by atoms with Crippen LogP contribution in [-0.2, 0) is 0 Å². The highest BCUT2D eigenvalue weighted by Gasteiger charge is 2.56. The molecule has 1 aliphatic rings. The quantitative estimate of drug-likeness (QED) is 0.622. The number of alkyl halides is 5. The molecule has 158 valence electrons. The van der Waals surface area contributed by atoms with Crippen LogP contribution in [0.1, 0.15) is 37.7 Å². The number of pyridine rings is 1. The molecule has 0 bridgehead atoms. The van der Waals surface area contributed by atoms with Gasteiger partial charge in [0.2, 0.25) is 0 Å². The van der Waals surface area contributed by atoms with Gasteiger partial charge in [0.1, 0.15) is 17.4 Å². The van der Waals surface area contributed by atoms with Gasteiger partial charge >= 0.3 is 12.1 Å². The standard InChI is InChI=1S/C17H19F5N6O/c1-9(29)15-25-12-7-23-14-11(6-24-26-14)13(12)28(15)10-2-4-27(8-10)5-3-16(18,19)17(20,21)22/h6-7,9-10,29H,2-5,8H2,1H3,(H,23,24,26)/t9-,10+/m1/s1. The summed E-state index contributed by atoms with van der Waals surface area (Å²) >= 11 is 0. The first kappa shape index (κ1) is 20.0. The van der Waals surface area contributed by atoms with E-state index in [0.717, 1.165) is 0 Å². The Hall–Kier alpha value is -2.34. The average Bonchev–Trinajstić information content (AvgIpc) is 3.34. The number of aromatic amines is 1. The molecule has 7 nitrogen and oxygen atoms in total. The number of hydrogen-bond acceptors (Lipinski definition) is 5. The third kappa shape index (κ3) is 3.44. The van der Waals surface area contributed by atoms with Crippen molar-refractivity contribution in [1.29, 1.82) is 0 Å². The number of imidazole rings is 1. The number of fused-ring (bicyclic) bond motifs is 3. The molecular weight excluding hydrogens is 399 g/mol. The van der Waals surface area contributed by atoms with Gasteiger partial charge in [0, 0.05) is 32.1 Å². The van der Waals surface area contributed by atoms with Gasteiger partial charge in [-0.25, -0.2) is 9.97 Å². The number of H-pyrrole nitrogens is 1. The lowest BCUT2D eigenvalue weighted by atomic mass is 10.2. The molecule has 29 heavy (non-hydrogen) atoms. The van der Waals surface area contributed by atoms with Gasteiger partial charge in [-0.05, 0) is 13.3 Å². The molecule has 0 saturated carbocycles. The molecule has 0 aromatic carbocycles. The number of hydrogen-bond donors (Lipinski definition) is 2. The number of aliphatic hydroxyl groups is 1. The van der Waals surface area contributed by atoms with Crippen molar-refractivity contribution in [1.82, 2.24) is 29.6 Å². The molecule has 0 amide bonds. The first-order chi connectivity index (χ1) is 13.6. The second-order valence-corrected chi connectivity index (χ2v) is 7.34. The van der Waals surface area contributed by atoms with Gasteiger partial charge in [-0.1, -0.05) is 0 Å². The van der Waals surface area contributed by atoms with E-state index in [1.807, 2.05) is 4.57 Å². The molecule has 1 fully saturated rings. The van der Waals surface area contributed by atoms with Crippen LogP contribution in [0, 0.1) is 0 Å². The average molecular weight is 418 g/mol. The highest BCUT2D eigenvalue weighted by molar-refractivity contribution is 6.00. The minimum absolute atomic E-state index is 0.232. The normalized spacial score (nSPS) is 20.2. The molecule has 0 radical (unpaired) electrons. The van der Waals surface area contributed by atoms with Crippen molar-refractivity contribution in [3.63, 3.8) is 0 Å². The summed E-state index contributed by atoms with van der Waals surface area (Å²) in [7, 11) is 0. The lowest BCUT2D eigenvalue weighted by molar-refractivity contribution is -0.284. The number of rotatable bonds is 5. The maximum atomic E-state index is 13.3. The summed E-state index contributed by atoms with van der Waals surface area (Å²) in [5.41, 5.74) is 1.79. The van der Waals surface area contributed by atoms with Crippen molar-refractivity contribution in [2.75, 3.05) is 19.6 Å². The van der Waals surface area contributed by atoms with E-state index >= 15 is 0 Å². The fraction of sp³-hybridized carbons (Fsp3) is 0.588. The summed E-state index contributed by atoms with van der Waals surface area (Å²) in [5, 5.41) is 17.6. The van der Waals surface area contributed by atoms with Crippen molar-refractivity contribution >= 4 is 22.1 Å². The molecule has 2 N–H and O–H groups in total. The van der Waals surface area contributed by atoms with E-state index in [-0.39, 0.29) is 19.1 Å². The molecule has 1 aliphatic heterocycles. The number of likely N-dealkylation sites (tertiary alicyclic amines) is 1. The van der Waals surface area contributed by atoms with Crippen LogP contribution in [-0.4, -0.2) is 66.5 Å². The molecule has 4 heterocycles. The summed E-state index contributed by atoms with van der Waals surface area (Å²) < 4.78 is 65.6. The summed E-state index contributed by atoms with van der Waals surface area (Å²) in [5.74, 6) is -4.32. The van der Waals surface area contributed by atoms with Gasteiger partial charge in [0.25, 0.3) is 0 Å². The summed E-state index contributed by atoms with van der Waals surface area (Å²) in [6, 6.07) is -0.232. The van der Waals surface area contributed by atoms with Crippen molar-refractivity contribution in [3.8, 4) is 0 Å². The van der Waals surface area contributed by atoms with E-state index in [1.54, 1.807) is 24.2 Å². The Morgan fingerprint density at radius 1 is 1.28 bits per heavy atom. The van der Waals surface area contributed by atoms with Crippen LogP contribution in [0.5, 0.6) is 0 Å². The number of nitrogens with zero attached hydrogens (tertiary/aromatic N) is 5. The third-order valence-corrected chi connectivity index (χ3v) is 5.30. The molecule has 0 unspecified atom stereocenters. The van der Waals surface area contributed by atoms with Gasteiger partial charge in [0.15, 0.2) is 5.65 Å². The Balaban J connectivity index is 1.62. The zero-order chi connectivity index (χ0) is 21.0. The number of aliphatic hydroxyl groups excluding tert-OH is 1. The lowest BCUT2D eigenvalue weighted by Gasteiger charge is -2.23. The smallest absolute Gasteiger partial charge is 0.385 e. The molecule has 0 spiro atoms. The summed E-state index contributed by atoms with van der Waals surface area (Å²) in [6.07, 6.45) is -4.06. The predicted molar refractivity (Wildman–Crippen MR) is 93.5 cm³/mol. The fourth-order valence-corrected chi connectivity index (χ4v) is 3.83. The Morgan fingerprint density at radius 3 is 2.72 bits per heavy atom. The Morgan fingerprint density at radius 2 is 2.03 bits per heavy atom. The van der Waals surface area contributed by atoms with E-state index in [9.17, 15) is 27.1 Å². The van der Waals surface area contributed by atoms with E-state index < -0.39 is 24.6 Å². The number of halogens is 5. The van der Waals surface area contributed by atoms with Crippen LogP contribution in [0.2, 0.25) is 0 Å². The molecule has 12 heteroatoms. The van der Waals surface area contributed by atoms with E-state index in [0.29, 0.717) is 40.9 Å². The van der Waals surface area contributed by atoms with Crippen molar-refractivity contribution in [2.24, 2.45) is 0 Å². The highest BCUT2D eigenvalue weighted by atomic mass is 19.4. The lowest BCUT2D eigenvalue weighted by Crippen LogP contribution is -2.39. The van der Waals surface area contributed by atoms with Crippen LogP contribution >= 0.6 is 0 Å². The molecule has 3 aromatic rings. The van der Waals surface area contributed by atoms with Crippen LogP contribution < -0.4 is 0 Å². The Kier molecular flexibility index (Phi) is 4.73. The van der Waals surface area contributed by atoms with Crippen LogP contribution in [0.4, 0.5) is 22.0 Å². The summed E-state index contributed by atoms with van der Waals surface area (Å²) in [6.45, 7) is 1.84. The number of nitrogens with one attached hydrogen (secondary N) is 1. The van der Waals surface area contributed by atoms with E-state index in [4.69, 9.17) is 0 Å². The van der Waals surface area contributed by atoms with Crippen LogP contribution in [0.15, 0.2) is 12.4 Å². The van der Waals surface area contributed by atoms with Crippen LogP contribution in [0.3, 0.4) is 0 Å². The minimum atomic E-state index is -5.55. The molecule has 1 saturated heterocycles. The molecule has 3 aromatic heterocycles. The Bertz CT molecular complexity index is 1030. The number of aromatic nitrogens is 5. The fourth-order valence-electron chi connectivity index (χ4n) is 3.83. The predicted octanol–water partition coefficient (Wildman–Crippen LogP) is 3.20. The van der Waals surface area contributed by atoms with Gasteiger partial charge in [-0.2, -0.15) is 27.1 Å². The van der Waals surface area contributed by atoms with E-state index in [1.165, 1.54) is 0 Å². The topological polar surface area (TPSA) is 82.9 Å². The molecule has 0 aliphatic carbocycles. The van der Waals surface area contributed by atoms with Gasteiger partial charge in [-0.3, -0.25) is 5.10 Å². The minimum Gasteiger partial charge on any atom is -0.385 e. The van der Waals surface area contributed by atoms with Crippen molar-refractivity contribution in [2.45, 2.75) is 44.0 Å². The monoisotopic (exact) mass is 418 g/mol. The summed E-state index contributed by atoms with van der Waals surface area (Å²) in [4.78, 5) is 10.3. The largest absolute Gasteiger partial charge is 0.453 e. The van der Waals surface area contributed by atoms with Crippen molar-refractivity contribution < 1.29 is 27.1 Å². The zero-order valence-electron chi connectivity index (χ0n) is 15.4. The Labute approximate surface area is 161 Å². The maximum absolute atomic E-state index is 13.3. The molecule has 4 rings (SSSR count). The second kappa shape index (κ2) is 6.87.